The third kappa shape index (κ3) is 5.11. The lowest BCUT2D eigenvalue weighted by atomic mass is 10.0. The lowest BCUT2D eigenvalue weighted by Crippen LogP contribution is -2.35. The fourth-order valence-corrected chi connectivity index (χ4v) is 5.66. The highest BCUT2D eigenvalue weighted by atomic mass is 35.5. The molecule has 1 amide bonds. The lowest BCUT2D eigenvalue weighted by Gasteiger charge is -2.30. The van der Waals surface area contributed by atoms with Crippen LogP contribution in [0.2, 0.25) is 10.0 Å². The molecule has 33 heavy (non-hydrogen) atoms. The molecular formula is C24H22Cl2N2O4S. The van der Waals surface area contributed by atoms with Crippen LogP contribution >= 0.6 is 23.2 Å². The number of halogens is 2. The van der Waals surface area contributed by atoms with Crippen molar-refractivity contribution in [2.45, 2.75) is 24.7 Å². The van der Waals surface area contributed by atoms with Crippen molar-refractivity contribution in [2.24, 2.45) is 0 Å². The number of para-hydroxylation sites is 1. The summed E-state index contributed by atoms with van der Waals surface area (Å²) in [4.78, 5) is 12.4. The van der Waals surface area contributed by atoms with Crippen LogP contribution in [-0.2, 0) is 21.2 Å². The van der Waals surface area contributed by atoms with Crippen molar-refractivity contribution in [3.63, 3.8) is 0 Å². The largest absolute Gasteiger partial charge is 0.483 e. The Kier molecular flexibility index (Phi) is 6.83. The first-order valence-corrected chi connectivity index (χ1v) is 12.5. The van der Waals surface area contributed by atoms with Gasteiger partial charge in [0.1, 0.15) is 5.75 Å². The van der Waals surface area contributed by atoms with Gasteiger partial charge >= 0.3 is 0 Å². The number of rotatable bonds is 6. The van der Waals surface area contributed by atoms with Crippen molar-refractivity contribution in [1.29, 1.82) is 0 Å². The van der Waals surface area contributed by atoms with Crippen LogP contribution in [0, 0.1) is 6.92 Å². The predicted molar refractivity (Wildman–Crippen MR) is 131 cm³/mol. The molecule has 4 rings (SSSR count). The topological polar surface area (TPSA) is 75.7 Å². The van der Waals surface area contributed by atoms with E-state index in [0.29, 0.717) is 33.6 Å². The molecule has 1 N–H and O–H groups in total. The van der Waals surface area contributed by atoms with Gasteiger partial charge in [-0.15, -0.1) is 0 Å². The zero-order valence-electron chi connectivity index (χ0n) is 17.8. The Morgan fingerprint density at radius 2 is 1.85 bits per heavy atom. The maximum Gasteiger partial charge on any atom is 0.264 e. The highest BCUT2D eigenvalue weighted by molar-refractivity contribution is 7.92. The van der Waals surface area contributed by atoms with E-state index in [9.17, 15) is 13.2 Å². The summed E-state index contributed by atoms with van der Waals surface area (Å²) in [7, 11) is -3.72. The SMILES string of the molecule is Cc1cc(S(=O)(=O)N2CCCc3ccccc32)ccc1OCC(=O)Nc1ccc(Cl)c(Cl)c1. The Morgan fingerprint density at radius 3 is 2.61 bits per heavy atom. The Labute approximate surface area is 203 Å². The number of sulfonamides is 1. The second-order valence-electron chi connectivity index (χ2n) is 7.70. The highest BCUT2D eigenvalue weighted by Gasteiger charge is 2.29. The minimum atomic E-state index is -3.72. The number of carbonyl (C=O) groups is 1. The average molecular weight is 505 g/mol. The molecule has 0 aliphatic carbocycles. The fraction of sp³-hybridized carbons (Fsp3) is 0.208. The van der Waals surface area contributed by atoms with E-state index in [0.717, 1.165) is 24.1 Å². The fourth-order valence-electron chi connectivity index (χ4n) is 3.73. The first-order chi connectivity index (χ1) is 15.8. The van der Waals surface area contributed by atoms with Gasteiger partial charge in [-0.25, -0.2) is 8.42 Å². The van der Waals surface area contributed by atoms with Crippen LogP contribution in [0.25, 0.3) is 0 Å². The second kappa shape index (κ2) is 9.63. The zero-order chi connectivity index (χ0) is 23.6. The van der Waals surface area contributed by atoms with Gasteiger partial charge in [-0.2, -0.15) is 0 Å². The molecule has 3 aromatic rings. The van der Waals surface area contributed by atoms with Gasteiger partial charge in [0.15, 0.2) is 6.61 Å². The molecule has 0 saturated carbocycles. The van der Waals surface area contributed by atoms with Gasteiger partial charge in [0.2, 0.25) is 0 Å². The van der Waals surface area contributed by atoms with Crippen LogP contribution in [-0.4, -0.2) is 27.5 Å². The van der Waals surface area contributed by atoms with E-state index in [2.05, 4.69) is 5.32 Å². The Bertz CT molecular complexity index is 1310. The Balaban J connectivity index is 1.46. The van der Waals surface area contributed by atoms with Crippen LogP contribution in [0.3, 0.4) is 0 Å². The van der Waals surface area contributed by atoms with E-state index in [-0.39, 0.29) is 17.4 Å². The number of ether oxygens (including phenoxy) is 1. The summed E-state index contributed by atoms with van der Waals surface area (Å²) in [6.07, 6.45) is 1.63. The number of carbonyl (C=O) groups excluding carboxylic acids is 1. The first kappa shape index (κ1) is 23.4. The average Bonchev–Trinajstić information content (AvgIpc) is 2.80. The van der Waals surface area contributed by atoms with Crippen LogP contribution in [0.1, 0.15) is 17.5 Å². The smallest absolute Gasteiger partial charge is 0.264 e. The molecule has 172 valence electrons. The minimum Gasteiger partial charge on any atom is -0.483 e. The number of nitrogens with zero attached hydrogens (tertiary/aromatic N) is 1. The highest BCUT2D eigenvalue weighted by Crippen LogP contribution is 2.33. The summed E-state index contributed by atoms with van der Waals surface area (Å²) < 4.78 is 33.7. The van der Waals surface area contributed by atoms with Crippen molar-refractivity contribution in [2.75, 3.05) is 22.8 Å². The van der Waals surface area contributed by atoms with Gasteiger partial charge in [-0.05, 0) is 73.4 Å². The number of aryl methyl sites for hydroxylation is 2. The molecule has 0 unspecified atom stereocenters. The van der Waals surface area contributed by atoms with Gasteiger partial charge in [0, 0.05) is 12.2 Å². The zero-order valence-corrected chi connectivity index (χ0v) is 20.2. The van der Waals surface area contributed by atoms with E-state index in [1.165, 1.54) is 10.4 Å². The number of nitrogens with one attached hydrogen (secondary N) is 1. The summed E-state index contributed by atoms with van der Waals surface area (Å²) in [6.45, 7) is 1.94. The molecule has 9 heteroatoms. The molecule has 0 fully saturated rings. The maximum absolute atomic E-state index is 13.3. The van der Waals surface area contributed by atoms with Crippen molar-refractivity contribution in [3.05, 3.63) is 81.8 Å². The molecule has 1 aliphatic rings. The summed E-state index contributed by atoms with van der Waals surface area (Å²) >= 11 is 11.8. The summed E-state index contributed by atoms with van der Waals surface area (Å²) in [5, 5.41) is 3.40. The molecule has 3 aromatic carbocycles. The van der Waals surface area contributed by atoms with Crippen LogP contribution in [0.15, 0.2) is 65.6 Å². The van der Waals surface area contributed by atoms with E-state index >= 15 is 0 Å². The molecule has 0 atom stereocenters. The first-order valence-electron chi connectivity index (χ1n) is 10.3. The summed E-state index contributed by atoms with van der Waals surface area (Å²) in [5.74, 6) is 0.0479. The predicted octanol–water partition coefficient (Wildman–Crippen LogP) is 5.46. The number of amides is 1. The van der Waals surface area contributed by atoms with Crippen LogP contribution < -0.4 is 14.4 Å². The van der Waals surface area contributed by atoms with E-state index in [1.807, 2.05) is 24.3 Å². The lowest BCUT2D eigenvalue weighted by molar-refractivity contribution is -0.118. The molecule has 0 aromatic heterocycles. The van der Waals surface area contributed by atoms with E-state index in [4.69, 9.17) is 27.9 Å². The van der Waals surface area contributed by atoms with Gasteiger partial charge in [-0.3, -0.25) is 9.10 Å². The standard InChI is InChI=1S/C24H22Cl2N2O4S/c1-16-13-19(33(30,31)28-12-4-6-17-5-2-3-7-22(17)28)9-11-23(16)32-15-24(29)27-18-8-10-20(25)21(26)14-18/h2-3,5,7-11,13-14H,4,6,12,15H2,1H3,(H,27,29). The third-order valence-electron chi connectivity index (χ3n) is 5.36. The summed E-state index contributed by atoms with van der Waals surface area (Å²) in [5.41, 5.74) is 2.86. The number of benzene rings is 3. The molecular weight excluding hydrogens is 483 g/mol. The van der Waals surface area contributed by atoms with Gasteiger partial charge < -0.3 is 10.1 Å². The number of anilines is 2. The van der Waals surface area contributed by atoms with Crippen molar-refractivity contribution in [1.82, 2.24) is 0 Å². The number of hydrogen-bond donors (Lipinski definition) is 1. The Morgan fingerprint density at radius 1 is 1.06 bits per heavy atom. The summed E-state index contributed by atoms with van der Waals surface area (Å²) in [6, 6.07) is 17.0. The maximum atomic E-state index is 13.3. The normalized spacial score (nSPS) is 13.4. The van der Waals surface area contributed by atoms with Crippen LogP contribution in [0.4, 0.5) is 11.4 Å². The van der Waals surface area contributed by atoms with Gasteiger partial charge in [0.05, 0.1) is 20.6 Å². The second-order valence-corrected chi connectivity index (χ2v) is 10.4. The molecule has 0 spiro atoms. The molecule has 1 heterocycles. The molecule has 0 radical (unpaired) electrons. The van der Waals surface area contributed by atoms with Crippen molar-refractivity contribution >= 4 is 50.5 Å². The van der Waals surface area contributed by atoms with E-state index in [1.54, 1.807) is 37.3 Å². The quantitative estimate of drug-likeness (QED) is 0.483. The number of hydrogen-bond acceptors (Lipinski definition) is 4. The monoisotopic (exact) mass is 504 g/mol. The van der Waals surface area contributed by atoms with E-state index < -0.39 is 10.0 Å². The minimum absolute atomic E-state index is 0.185. The third-order valence-corrected chi connectivity index (χ3v) is 7.91. The van der Waals surface area contributed by atoms with Crippen LogP contribution in [0.5, 0.6) is 5.75 Å². The number of fused-ring (bicyclic) bond motifs is 1. The van der Waals surface area contributed by atoms with Gasteiger partial charge in [0.25, 0.3) is 15.9 Å². The molecule has 6 nitrogen and oxygen atoms in total. The molecule has 1 aliphatic heterocycles. The Hall–Kier alpha value is -2.74. The van der Waals surface area contributed by atoms with Gasteiger partial charge in [-0.1, -0.05) is 41.4 Å². The van der Waals surface area contributed by atoms with Crippen molar-refractivity contribution in [3.8, 4) is 5.75 Å². The van der Waals surface area contributed by atoms with Crippen molar-refractivity contribution < 1.29 is 17.9 Å². The molecule has 0 bridgehead atoms. The molecule has 0 saturated heterocycles.